The van der Waals surface area contributed by atoms with Gasteiger partial charge in [-0.1, -0.05) is 0 Å². The summed E-state index contributed by atoms with van der Waals surface area (Å²) in [4.78, 5) is 59.9. The zero-order valence-corrected chi connectivity index (χ0v) is 25.9. The molecule has 3 aliphatic rings. The standard InChI is InChI=1S/C27H40O19/c1-9-17(33)18(34)19(35)26(39-9)46-24-22(43-14(6)32)20(41-12(4)30)16(7-37-10(2)28)44-27(24)45-23-21(42-13(5)31)15(40-11(3)29)8-38-25(23)36/h9,15-27,33-36H,7-8H2,1-6H3/t9-,15+,16+,17+,18+,19-,20-,21-,22-,23+,24+,25+,26-,27-/m0/s1. The van der Waals surface area contributed by atoms with Crippen molar-refractivity contribution in [2.75, 3.05) is 13.2 Å². The highest BCUT2D eigenvalue weighted by Crippen LogP contribution is 2.35. The summed E-state index contributed by atoms with van der Waals surface area (Å²) in [7, 11) is 0. The molecule has 0 radical (unpaired) electrons. The van der Waals surface area contributed by atoms with Gasteiger partial charge in [0, 0.05) is 34.6 Å². The van der Waals surface area contributed by atoms with E-state index in [-0.39, 0.29) is 0 Å². The predicted octanol–water partition coefficient (Wildman–Crippen LogP) is -3.05. The van der Waals surface area contributed by atoms with Gasteiger partial charge in [0.1, 0.15) is 31.0 Å². The van der Waals surface area contributed by atoms with E-state index < -0.39 is 129 Å². The van der Waals surface area contributed by atoms with Crippen LogP contribution in [-0.4, -0.2) is 150 Å². The van der Waals surface area contributed by atoms with Gasteiger partial charge >= 0.3 is 29.8 Å². The Morgan fingerprint density at radius 1 is 0.609 bits per heavy atom. The van der Waals surface area contributed by atoms with Gasteiger partial charge < -0.3 is 67.8 Å². The van der Waals surface area contributed by atoms with Crippen LogP contribution in [-0.2, 0) is 71.3 Å². The Balaban J connectivity index is 2.10. The second-order valence-electron chi connectivity index (χ2n) is 10.8. The number of ether oxygens (including phenoxy) is 10. The van der Waals surface area contributed by atoms with Crippen LogP contribution in [0.15, 0.2) is 0 Å². The van der Waals surface area contributed by atoms with E-state index in [1.54, 1.807) is 0 Å². The number of aliphatic hydroxyl groups excluding tert-OH is 4. The molecule has 3 saturated heterocycles. The Bertz CT molecular complexity index is 1100. The lowest BCUT2D eigenvalue weighted by molar-refractivity contribution is -0.385. The molecule has 0 aliphatic carbocycles. The molecule has 19 heteroatoms. The van der Waals surface area contributed by atoms with Crippen LogP contribution >= 0.6 is 0 Å². The Kier molecular flexibility index (Phi) is 13.2. The van der Waals surface area contributed by atoms with E-state index in [2.05, 4.69) is 0 Å². The monoisotopic (exact) mass is 668 g/mol. The number of carbonyl (C=O) groups is 5. The van der Waals surface area contributed by atoms with Crippen molar-refractivity contribution in [3.63, 3.8) is 0 Å². The van der Waals surface area contributed by atoms with E-state index >= 15 is 0 Å². The summed E-state index contributed by atoms with van der Waals surface area (Å²) in [5.41, 5.74) is 0. The quantitative estimate of drug-likeness (QED) is 0.133. The number of rotatable bonds is 10. The Labute approximate surface area is 262 Å². The molecule has 0 aromatic carbocycles. The van der Waals surface area contributed by atoms with Crippen LogP contribution in [0.5, 0.6) is 0 Å². The second-order valence-corrected chi connectivity index (χ2v) is 10.8. The maximum absolute atomic E-state index is 12.3. The third kappa shape index (κ3) is 9.52. The zero-order chi connectivity index (χ0) is 34.5. The first-order valence-electron chi connectivity index (χ1n) is 14.3. The fourth-order valence-electron chi connectivity index (χ4n) is 5.11. The number of carbonyl (C=O) groups excluding carboxylic acids is 5. The SMILES string of the molecule is CC(=O)OC[C@H]1O[C@@H](O[C@@H]2[C@@H](OC(C)=O)[C@H](OC(C)=O)CO[C@H]2O)[C@H](O[C@@H]2O[C@@H](C)[C@@H](O)[C@@H](O)[C@@H]2O)[C@@H](OC(C)=O)[C@H]1OC(C)=O. The maximum Gasteiger partial charge on any atom is 0.303 e. The molecule has 0 unspecified atom stereocenters. The molecule has 19 nitrogen and oxygen atoms in total. The molecule has 3 fully saturated rings. The van der Waals surface area contributed by atoms with E-state index in [1.165, 1.54) is 6.92 Å². The smallest absolute Gasteiger partial charge is 0.303 e. The molecule has 3 aliphatic heterocycles. The van der Waals surface area contributed by atoms with Crippen LogP contribution in [0, 0.1) is 0 Å². The van der Waals surface area contributed by atoms with Crippen molar-refractivity contribution >= 4 is 29.8 Å². The summed E-state index contributed by atoms with van der Waals surface area (Å²) < 4.78 is 55.2. The van der Waals surface area contributed by atoms with Crippen molar-refractivity contribution in [2.24, 2.45) is 0 Å². The van der Waals surface area contributed by atoms with Crippen LogP contribution < -0.4 is 0 Å². The van der Waals surface area contributed by atoms with Gasteiger partial charge in [-0.15, -0.1) is 0 Å². The molecule has 4 N–H and O–H groups in total. The van der Waals surface area contributed by atoms with E-state index in [0.717, 1.165) is 34.6 Å². The zero-order valence-electron chi connectivity index (χ0n) is 25.9. The highest BCUT2D eigenvalue weighted by Gasteiger charge is 2.56. The predicted molar refractivity (Wildman–Crippen MR) is 142 cm³/mol. The summed E-state index contributed by atoms with van der Waals surface area (Å²) in [6.45, 7) is 5.64. The Hall–Kier alpha value is -3.01. The summed E-state index contributed by atoms with van der Waals surface area (Å²) >= 11 is 0. The molecular weight excluding hydrogens is 628 g/mol. The van der Waals surface area contributed by atoms with Gasteiger partial charge in [-0.25, -0.2) is 0 Å². The molecule has 262 valence electrons. The fourth-order valence-corrected chi connectivity index (χ4v) is 5.11. The number of esters is 5. The summed E-state index contributed by atoms with van der Waals surface area (Å²) in [5, 5.41) is 42.0. The van der Waals surface area contributed by atoms with Crippen LogP contribution in [0.4, 0.5) is 0 Å². The van der Waals surface area contributed by atoms with Crippen LogP contribution in [0.2, 0.25) is 0 Å². The van der Waals surface area contributed by atoms with Gasteiger partial charge in [0.2, 0.25) is 0 Å². The molecule has 3 rings (SSSR count). The molecule has 46 heavy (non-hydrogen) atoms. The molecule has 0 bridgehead atoms. The van der Waals surface area contributed by atoms with Crippen molar-refractivity contribution in [1.82, 2.24) is 0 Å². The van der Waals surface area contributed by atoms with Gasteiger partial charge in [0.25, 0.3) is 0 Å². The molecule has 14 atom stereocenters. The minimum absolute atomic E-state index is 0.413. The first-order valence-corrected chi connectivity index (χ1v) is 14.3. The second kappa shape index (κ2) is 16.2. The Morgan fingerprint density at radius 2 is 1.15 bits per heavy atom. The largest absolute Gasteiger partial charge is 0.463 e. The summed E-state index contributed by atoms with van der Waals surface area (Å²) in [5.74, 6) is -4.21. The van der Waals surface area contributed by atoms with Crippen molar-refractivity contribution < 1.29 is 91.8 Å². The average Bonchev–Trinajstić information content (AvgIpc) is 2.94. The van der Waals surface area contributed by atoms with Crippen LogP contribution in [0.3, 0.4) is 0 Å². The van der Waals surface area contributed by atoms with Crippen LogP contribution in [0.1, 0.15) is 41.5 Å². The minimum Gasteiger partial charge on any atom is -0.463 e. The number of hydrogen-bond acceptors (Lipinski definition) is 19. The lowest BCUT2D eigenvalue weighted by Crippen LogP contribution is -2.67. The molecular formula is C27H40O19. The van der Waals surface area contributed by atoms with Gasteiger partial charge in [0.15, 0.2) is 55.5 Å². The lowest BCUT2D eigenvalue weighted by atomic mass is 9.96. The Morgan fingerprint density at radius 3 is 1.72 bits per heavy atom. The molecule has 0 saturated carbocycles. The average molecular weight is 669 g/mol. The van der Waals surface area contributed by atoms with Crippen molar-refractivity contribution in [3.8, 4) is 0 Å². The third-order valence-corrected chi connectivity index (χ3v) is 7.06. The maximum atomic E-state index is 12.3. The number of aliphatic hydroxyl groups is 4. The van der Waals surface area contributed by atoms with Crippen LogP contribution in [0.25, 0.3) is 0 Å². The fraction of sp³-hybridized carbons (Fsp3) is 0.815. The molecule has 0 aromatic rings. The minimum atomic E-state index is -1.89. The topological polar surface area (TPSA) is 259 Å². The van der Waals surface area contributed by atoms with E-state index in [0.29, 0.717) is 0 Å². The molecule has 3 heterocycles. The van der Waals surface area contributed by atoms with Gasteiger partial charge in [0.05, 0.1) is 12.7 Å². The highest BCUT2D eigenvalue weighted by molar-refractivity contribution is 5.68. The first kappa shape index (κ1) is 37.4. The van der Waals surface area contributed by atoms with Gasteiger partial charge in [-0.05, 0) is 6.92 Å². The van der Waals surface area contributed by atoms with Crippen molar-refractivity contribution in [2.45, 2.75) is 128 Å². The van der Waals surface area contributed by atoms with E-state index in [4.69, 9.17) is 47.4 Å². The third-order valence-electron chi connectivity index (χ3n) is 7.06. The normalized spacial score (nSPS) is 39.4. The molecule has 0 aromatic heterocycles. The molecule has 0 spiro atoms. The van der Waals surface area contributed by atoms with Gasteiger partial charge in [-0.2, -0.15) is 0 Å². The van der Waals surface area contributed by atoms with Crippen molar-refractivity contribution in [1.29, 1.82) is 0 Å². The first-order chi connectivity index (χ1) is 21.5. The van der Waals surface area contributed by atoms with E-state index in [1.807, 2.05) is 0 Å². The lowest BCUT2D eigenvalue weighted by Gasteiger charge is -2.49. The van der Waals surface area contributed by atoms with Gasteiger partial charge in [-0.3, -0.25) is 24.0 Å². The molecule has 0 amide bonds. The highest BCUT2D eigenvalue weighted by atomic mass is 16.8. The van der Waals surface area contributed by atoms with Crippen molar-refractivity contribution in [3.05, 3.63) is 0 Å². The van der Waals surface area contributed by atoms with E-state index in [9.17, 15) is 44.4 Å². The summed E-state index contributed by atoms with van der Waals surface area (Å²) in [6, 6.07) is 0. The number of hydrogen-bond donors (Lipinski definition) is 4. The summed E-state index contributed by atoms with van der Waals surface area (Å²) in [6.07, 6.45) is -22.6.